The Kier molecular flexibility index (Phi) is 6.42. The third-order valence-electron chi connectivity index (χ3n) is 5.58. The molecule has 0 radical (unpaired) electrons. The van der Waals surface area contributed by atoms with E-state index in [2.05, 4.69) is 63.3 Å². The van der Waals surface area contributed by atoms with Crippen LogP contribution in [0.15, 0.2) is 90.1 Å². The first kappa shape index (κ1) is 20.1. The maximum Gasteiger partial charge on any atom is 0.101 e. The van der Waals surface area contributed by atoms with Crippen molar-refractivity contribution in [3.05, 3.63) is 90.5 Å². The first-order valence-electron chi connectivity index (χ1n) is 10.4. The molecule has 3 aromatic carbocycles. The fourth-order valence-electron chi connectivity index (χ4n) is 3.80. The Morgan fingerprint density at radius 3 is 1.77 bits per heavy atom. The number of hydrogen-bond acceptors (Lipinski definition) is 5. The van der Waals surface area contributed by atoms with Crippen molar-refractivity contribution >= 4 is 22.8 Å². The van der Waals surface area contributed by atoms with Crippen LogP contribution in [0.25, 0.3) is 0 Å². The van der Waals surface area contributed by atoms with Crippen LogP contribution in [0.1, 0.15) is 5.56 Å². The van der Waals surface area contributed by atoms with Crippen molar-refractivity contribution in [3.63, 3.8) is 0 Å². The second-order valence-electron chi connectivity index (χ2n) is 7.68. The Morgan fingerprint density at radius 2 is 1.27 bits per heavy atom. The lowest BCUT2D eigenvalue weighted by molar-refractivity contribution is 0.169. The molecule has 1 heterocycles. The normalized spacial score (nSPS) is 15.8. The van der Waals surface area contributed by atoms with Gasteiger partial charge in [0.1, 0.15) is 5.71 Å². The van der Waals surface area contributed by atoms with Gasteiger partial charge in [0, 0.05) is 55.3 Å². The summed E-state index contributed by atoms with van der Waals surface area (Å²) in [7, 11) is 2.14. The summed E-state index contributed by atoms with van der Waals surface area (Å²) >= 11 is 0. The third kappa shape index (κ3) is 4.70. The van der Waals surface area contributed by atoms with Crippen LogP contribution in [0.4, 0.5) is 17.1 Å². The number of likely N-dealkylation sites (N-methyl/N-ethyl adjacent to an activating group) is 1. The largest absolute Gasteiger partial charge is 0.411 e. The van der Waals surface area contributed by atoms with E-state index in [4.69, 9.17) is 0 Å². The molecule has 1 aliphatic rings. The number of para-hydroxylation sites is 2. The molecule has 0 aromatic heterocycles. The maximum absolute atomic E-state index is 9.64. The van der Waals surface area contributed by atoms with E-state index in [0.29, 0.717) is 12.3 Å². The molecule has 0 saturated carbocycles. The number of anilines is 3. The molecule has 0 bridgehead atoms. The molecule has 3 aromatic rings. The van der Waals surface area contributed by atoms with Crippen LogP contribution in [-0.2, 0) is 0 Å². The van der Waals surface area contributed by atoms with E-state index in [1.165, 1.54) is 0 Å². The van der Waals surface area contributed by atoms with E-state index < -0.39 is 0 Å². The van der Waals surface area contributed by atoms with Gasteiger partial charge in [-0.1, -0.05) is 53.7 Å². The van der Waals surface area contributed by atoms with Crippen molar-refractivity contribution in [1.82, 2.24) is 9.80 Å². The SMILES string of the molecule is CN1CCN(CC(=NO)c2ccc(N(c3ccccc3)c3ccccc3)cc2)CC1. The lowest BCUT2D eigenvalue weighted by atomic mass is 10.1. The predicted molar refractivity (Wildman–Crippen MR) is 123 cm³/mol. The monoisotopic (exact) mass is 400 g/mol. The third-order valence-corrected chi connectivity index (χ3v) is 5.58. The average Bonchev–Trinajstić information content (AvgIpc) is 2.81. The highest BCUT2D eigenvalue weighted by Gasteiger charge is 2.18. The van der Waals surface area contributed by atoms with E-state index in [1.54, 1.807) is 0 Å². The van der Waals surface area contributed by atoms with Crippen LogP contribution in [0.3, 0.4) is 0 Å². The van der Waals surface area contributed by atoms with Crippen molar-refractivity contribution in [2.75, 3.05) is 44.7 Å². The quantitative estimate of drug-likeness (QED) is 0.374. The van der Waals surface area contributed by atoms with Crippen molar-refractivity contribution in [2.24, 2.45) is 5.16 Å². The molecule has 4 rings (SSSR count). The smallest absolute Gasteiger partial charge is 0.101 e. The zero-order valence-corrected chi connectivity index (χ0v) is 17.4. The molecule has 30 heavy (non-hydrogen) atoms. The Hall–Kier alpha value is -3.15. The summed E-state index contributed by atoms with van der Waals surface area (Å²) in [6.45, 7) is 4.72. The molecule has 1 aliphatic heterocycles. The fourth-order valence-corrected chi connectivity index (χ4v) is 3.80. The summed E-state index contributed by atoms with van der Waals surface area (Å²) < 4.78 is 0. The summed E-state index contributed by atoms with van der Waals surface area (Å²) in [5.74, 6) is 0. The lowest BCUT2D eigenvalue weighted by Gasteiger charge is -2.32. The topological polar surface area (TPSA) is 42.3 Å². The molecular weight excluding hydrogens is 372 g/mol. The minimum Gasteiger partial charge on any atom is -0.411 e. The highest BCUT2D eigenvalue weighted by molar-refractivity contribution is 6.02. The Balaban J connectivity index is 1.57. The van der Waals surface area contributed by atoms with Crippen LogP contribution in [0, 0.1) is 0 Å². The number of piperazine rings is 1. The Labute approximate surface area is 178 Å². The summed E-state index contributed by atoms with van der Waals surface area (Å²) in [5.41, 5.74) is 4.92. The van der Waals surface area contributed by atoms with E-state index in [1.807, 2.05) is 48.5 Å². The molecule has 1 N–H and O–H groups in total. The standard InChI is InChI=1S/C25H28N4O/c1-27-16-18-28(19-17-27)20-25(26-30)21-12-14-24(15-13-21)29(22-8-4-2-5-9-22)23-10-6-3-7-11-23/h2-15,30H,16-20H2,1H3. The molecule has 1 saturated heterocycles. The molecule has 0 amide bonds. The van der Waals surface area contributed by atoms with Crippen molar-refractivity contribution in [3.8, 4) is 0 Å². The van der Waals surface area contributed by atoms with Gasteiger partial charge in [-0.15, -0.1) is 0 Å². The van der Waals surface area contributed by atoms with Gasteiger partial charge in [-0.2, -0.15) is 0 Å². The van der Waals surface area contributed by atoms with Gasteiger partial charge < -0.3 is 15.0 Å². The summed E-state index contributed by atoms with van der Waals surface area (Å²) in [6.07, 6.45) is 0. The molecule has 0 unspecified atom stereocenters. The maximum atomic E-state index is 9.64. The van der Waals surface area contributed by atoms with Gasteiger partial charge in [-0.05, 0) is 43.4 Å². The van der Waals surface area contributed by atoms with Crippen molar-refractivity contribution < 1.29 is 5.21 Å². The number of rotatable bonds is 6. The summed E-state index contributed by atoms with van der Waals surface area (Å²) in [4.78, 5) is 6.88. The second kappa shape index (κ2) is 9.57. The second-order valence-corrected chi connectivity index (χ2v) is 7.68. The van der Waals surface area contributed by atoms with Crippen molar-refractivity contribution in [2.45, 2.75) is 0 Å². The van der Waals surface area contributed by atoms with Gasteiger partial charge >= 0.3 is 0 Å². The van der Waals surface area contributed by atoms with Crippen LogP contribution in [0.2, 0.25) is 0 Å². The zero-order valence-electron chi connectivity index (χ0n) is 17.4. The first-order valence-corrected chi connectivity index (χ1v) is 10.4. The van der Waals surface area contributed by atoms with E-state index in [0.717, 1.165) is 48.8 Å². The van der Waals surface area contributed by atoms with Crippen LogP contribution >= 0.6 is 0 Å². The van der Waals surface area contributed by atoms with Gasteiger partial charge in [0.15, 0.2) is 0 Å². The Morgan fingerprint density at radius 1 is 0.767 bits per heavy atom. The average molecular weight is 401 g/mol. The molecular formula is C25H28N4O. The van der Waals surface area contributed by atoms with Gasteiger partial charge in [0.25, 0.3) is 0 Å². The molecule has 1 fully saturated rings. The van der Waals surface area contributed by atoms with Gasteiger partial charge in [0.05, 0.1) is 0 Å². The van der Waals surface area contributed by atoms with E-state index in [-0.39, 0.29) is 0 Å². The number of nitrogens with zero attached hydrogens (tertiary/aromatic N) is 4. The fraction of sp³-hybridized carbons (Fsp3) is 0.240. The zero-order chi connectivity index (χ0) is 20.8. The molecule has 154 valence electrons. The van der Waals surface area contributed by atoms with E-state index >= 15 is 0 Å². The number of oxime groups is 1. The molecule has 0 spiro atoms. The summed E-state index contributed by atoms with van der Waals surface area (Å²) in [6, 6.07) is 28.9. The predicted octanol–water partition coefficient (Wildman–Crippen LogP) is 4.58. The highest BCUT2D eigenvalue weighted by atomic mass is 16.4. The first-order chi connectivity index (χ1) is 14.7. The lowest BCUT2D eigenvalue weighted by Crippen LogP contribution is -2.46. The van der Waals surface area contributed by atoms with Gasteiger partial charge in [-0.25, -0.2) is 0 Å². The van der Waals surface area contributed by atoms with Crippen LogP contribution in [0.5, 0.6) is 0 Å². The molecule has 0 atom stereocenters. The molecule has 0 aliphatic carbocycles. The van der Waals surface area contributed by atoms with Crippen LogP contribution < -0.4 is 4.90 Å². The van der Waals surface area contributed by atoms with Gasteiger partial charge in [-0.3, -0.25) is 4.90 Å². The Bertz CT molecular complexity index is 910. The molecule has 5 heteroatoms. The van der Waals surface area contributed by atoms with Crippen LogP contribution in [-0.4, -0.2) is 60.5 Å². The molecule has 5 nitrogen and oxygen atoms in total. The van der Waals surface area contributed by atoms with E-state index in [9.17, 15) is 5.21 Å². The van der Waals surface area contributed by atoms with Gasteiger partial charge in [0.2, 0.25) is 0 Å². The van der Waals surface area contributed by atoms with Crippen molar-refractivity contribution in [1.29, 1.82) is 0 Å². The number of benzene rings is 3. The minimum absolute atomic E-state index is 0.658. The minimum atomic E-state index is 0.658. The number of hydrogen-bond donors (Lipinski definition) is 1. The highest BCUT2D eigenvalue weighted by Crippen LogP contribution is 2.34. The summed E-state index contributed by atoms with van der Waals surface area (Å²) in [5, 5.41) is 13.2.